The molecule has 2 heterocycles. The number of rotatable bonds is 6. The highest BCUT2D eigenvalue weighted by molar-refractivity contribution is 8.09. The van der Waals surface area contributed by atoms with Crippen LogP contribution in [0.15, 0.2) is 95.0 Å². The van der Waals surface area contributed by atoms with Gasteiger partial charge in [-0.3, -0.25) is 9.59 Å². The van der Waals surface area contributed by atoms with Gasteiger partial charge < -0.3 is 10.2 Å². The van der Waals surface area contributed by atoms with Crippen LogP contribution in [0.5, 0.6) is 0 Å². The first-order chi connectivity index (χ1) is 17.2. The lowest BCUT2D eigenvalue weighted by atomic mass is 10.1. The molecule has 1 fully saturated rings. The van der Waals surface area contributed by atoms with Gasteiger partial charge in [0.2, 0.25) is 0 Å². The molecule has 1 N–H and O–H groups in total. The van der Waals surface area contributed by atoms with Crippen LogP contribution in [-0.4, -0.2) is 34.8 Å². The average Bonchev–Trinajstić information content (AvgIpc) is 3.34. The van der Waals surface area contributed by atoms with Gasteiger partial charge in [-0.1, -0.05) is 72.4 Å². The molecule has 0 atom stereocenters. The number of hydrogen-bond acceptors (Lipinski definition) is 5. The molecule has 1 aliphatic rings. The summed E-state index contributed by atoms with van der Waals surface area (Å²) in [6.45, 7) is 1.38. The summed E-state index contributed by atoms with van der Waals surface area (Å²) in [4.78, 5) is 34.4. The molecular formula is C28H25N3O2S2. The third-order valence-electron chi connectivity index (χ3n) is 5.86. The van der Waals surface area contributed by atoms with E-state index < -0.39 is 0 Å². The lowest BCUT2D eigenvalue weighted by Crippen LogP contribution is -2.41. The summed E-state index contributed by atoms with van der Waals surface area (Å²) < 4.78 is 1.91. The number of nitrogens with zero attached hydrogens (tertiary/aromatic N) is 2. The maximum Gasteiger partial charge on any atom is 0.271 e. The second-order valence-electron chi connectivity index (χ2n) is 8.29. The highest BCUT2D eigenvalue weighted by Crippen LogP contribution is 2.40. The average molecular weight is 500 g/mol. The summed E-state index contributed by atoms with van der Waals surface area (Å²) in [5.74, 6) is -0.453. The highest BCUT2D eigenvalue weighted by atomic mass is 32.2. The zero-order valence-electron chi connectivity index (χ0n) is 19.1. The smallest absolute Gasteiger partial charge is 0.271 e. The van der Waals surface area contributed by atoms with Crippen LogP contribution >= 0.6 is 23.1 Å². The summed E-state index contributed by atoms with van der Waals surface area (Å²) in [5, 5.41) is 2.99. The number of nitrogens with one attached hydrogen (secondary N) is 1. The van der Waals surface area contributed by atoms with E-state index in [-0.39, 0.29) is 11.8 Å². The third-order valence-corrected chi connectivity index (χ3v) is 8.10. The molecule has 5 nitrogen and oxygen atoms in total. The van der Waals surface area contributed by atoms with Gasteiger partial charge in [0.1, 0.15) is 5.70 Å². The van der Waals surface area contributed by atoms with E-state index in [4.69, 9.17) is 4.98 Å². The van der Waals surface area contributed by atoms with Crippen molar-refractivity contribution in [3.05, 3.63) is 102 Å². The van der Waals surface area contributed by atoms with Crippen molar-refractivity contribution in [1.29, 1.82) is 0 Å². The molecule has 1 aliphatic heterocycles. The summed E-state index contributed by atoms with van der Waals surface area (Å²) in [6.07, 6.45) is 3.06. The Kier molecular flexibility index (Phi) is 7.25. The fraction of sp³-hybridized carbons (Fsp3) is 0.179. The number of carbonyl (C=O) groups excluding carboxylic acids is 2. The predicted octanol–water partition coefficient (Wildman–Crippen LogP) is 6.20. The summed E-state index contributed by atoms with van der Waals surface area (Å²) in [6, 6.07) is 26.7. The molecule has 2 amide bonds. The van der Waals surface area contributed by atoms with Gasteiger partial charge in [-0.2, -0.15) is 0 Å². The van der Waals surface area contributed by atoms with Crippen molar-refractivity contribution >= 4 is 50.0 Å². The number of amides is 2. The molecule has 0 spiro atoms. The molecule has 0 bridgehead atoms. The van der Waals surface area contributed by atoms with Crippen molar-refractivity contribution in [3.63, 3.8) is 0 Å². The van der Waals surface area contributed by atoms with Gasteiger partial charge in [0.15, 0.2) is 4.34 Å². The van der Waals surface area contributed by atoms with Crippen molar-refractivity contribution < 1.29 is 9.59 Å². The number of para-hydroxylation sites is 1. The maximum absolute atomic E-state index is 13.9. The van der Waals surface area contributed by atoms with Crippen LogP contribution in [0, 0.1) is 0 Å². The lowest BCUT2D eigenvalue weighted by molar-refractivity contribution is -0.128. The molecule has 3 aromatic carbocycles. The minimum Gasteiger partial charge on any atom is -0.337 e. The van der Waals surface area contributed by atoms with Crippen molar-refractivity contribution in [1.82, 2.24) is 15.2 Å². The third kappa shape index (κ3) is 5.47. The van der Waals surface area contributed by atoms with E-state index in [1.165, 1.54) is 11.8 Å². The standard InChI is InChI=1S/C28H25N3O2S2/c32-26(21-14-6-2-7-15-21)30-24(27(33)31-18-10-3-11-19-31)25(20-12-4-1-5-13-20)35-28-29-22-16-8-9-17-23(22)34-28/h1-2,4-9,12-17H,3,10-11,18-19H2,(H,30,32)/b25-24-. The molecule has 176 valence electrons. The number of aromatic nitrogens is 1. The van der Waals surface area contributed by atoms with Gasteiger partial charge in [-0.05, 0) is 49.1 Å². The van der Waals surface area contributed by atoms with E-state index in [2.05, 4.69) is 5.32 Å². The van der Waals surface area contributed by atoms with Gasteiger partial charge in [0, 0.05) is 18.7 Å². The minimum absolute atomic E-state index is 0.151. The first kappa shape index (κ1) is 23.3. The Labute approximate surface area is 212 Å². The molecule has 0 aliphatic carbocycles. The van der Waals surface area contributed by atoms with Crippen LogP contribution in [0.25, 0.3) is 15.1 Å². The first-order valence-corrected chi connectivity index (χ1v) is 13.3. The van der Waals surface area contributed by atoms with Crippen LogP contribution in [0.4, 0.5) is 0 Å². The fourth-order valence-corrected chi connectivity index (χ4v) is 6.26. The second kappa shape index (κ2) is 10.9. The second-order valence-corrected chi connectivity index (χ2v) is 10.6. The quantitative estimate of drug-likeness (QED) is 0.253. The maximum atomic E-state index is 13.9. The Morgan fingerprint density at radius 3 is 2.11 bits per heavy atom. The van der Waals surface area contributed by atoms with Gasteiger partial charge in [-0.25, -0.2) is 4.98 Å². The van der Waals surface area contributed by atoms with Crippen molar-refractivity contribution in [2.45, 2.75) is 23.6 Å². The van der Waals surface area contributed by atoms with Crippen molar-refractivity contribution in [2.75, 3.05) is 13.1 Å². The number of piperidine rings is 1. The molecule has 5 rings (SSSR count). The Morgan fingerprint density at radius 1 is 0.800 bits per heavy atom. The lowest BCUT2D eigenvalue weighted by Gasteiger charge is -2.28. The van der Waals surface area contributed by atoms with Crippen molar-refractivity contribution in [3.8, 4) is 0 Å². The molecule has 0 unspecified atom stereocenters. The molecule has 0 saturated carbocycles. The van der Waals surface area contributed by atoms with E-state index in [1.54, 1.807) is 23.5 Å². The van der Waals surface area contributed by atoms with E-state index in [0.717, 1.165) is 39.4 Å². The zero-order valence-corrected chi connectivity index (χ0v) is 20.8. The van der Waals surface area contributed by atoms with Crippen LogP contribution in [0.1, 0.15) is 35.2 Å². The Hall–Kier alpha value is -3.42. The topological polar surface area (TPSA) is 62.3 Å². The number of hydrogen-bond donors (Lipinski definition) is 1. The number of fused-ring (bicyclic) bond motifs is 1. The molecule has 0 radical (unpaired) electrons. The Bertz CT molecular complexity index is 1330. The van der Waals surface area contributed by atoms with Gasteiger partial charge in [0.05, 0.1) is 15.1 Å². The van der Waals surface area contributed by atoms with Gasteiger partial charge in [-0.15, -0.1) is 11.3 Å². The number of benzene rings is 3. The molecule has 7 heteroatoms. The SMILES string of the molecule is O=C(N/C(C(=O)N1CCCCC1)=C(\Sc1nc2ccccc2s1)c1ccccc1)c1ccccc1. The van der Waals surface area contributed by atoms with Gasteiger partial charge >= 0.3 is 0 Å². The number of likely N-dealkylation sites (tertiary alicyclic amines) is 1. The molecular weight excluding hydrogens is 474 g/mol. The number of carbonyl (C=O) groups is 2. The summed E-state index contributed by atoms with van der Waals surface area (Å²) in [5.41, 5.74) is 2.60. The fourth-order valence-electron chi connectivity index (χ4n) is 4.06. The molecule has 1 saturated heterocycles. The van der Waals surface area contributed by atoms with Crippen LogP contribution < -0.4 is 5.32 Å². The van der Waals surface area contributed by atoms with E-state index in [0.29, 0.717) is 29.3 Å². The van der Waals surface area contributed by atoms with Crippen LogP contribution in [0.2, 0.25) is 0 Å². The monoisotopic (exact) mass is 499 g/mol. The zero-order chi connectivity index (χ0) is 24.0. The molecule has 4 aromatic rings. The minimum atomic E-state index is -0.302. The molecule has 35 heavy (non-hydrogen) atoms. The van der Waals surface area contributed by atoms with E-state index >= 15 is 0 Å². The summed E-state index contributed by atoms with van der Waals surface area (Å²) in [7, 11) is 0. The Balaban J connectivity index is 1.61. The van der Waals surface area contributed by atoms with Gasteiger partial charge in [0.25, 0.3) is 11.8 Å². The molecule has 1 aromatic heterocycles. The highest BCUT2D eigenvalue weighted by Gasteiger charge is 2.27. The summed E-state index contributed by atoms with van der Waals surface area (Å²) >= 11 is 3.01. The van der Waals surface area contributed by atoms with Crippen molar-refractivity contribution in [2.24, 2.45) is 0 Å². The number of thioether (sulfide) groups is 1. The largest absolute Gasteiger partial charge is 0.337 e. The predicted molar refractivity (Wildman–Crippen MR) is 143 cm³/mol. The van der Waals surface area contributed by atoms with E-state index in [9.17, 15) is 9.59 Å². The first-order valence-electron chi connectivity index (χ1n) is 11.7. The normalized spacial score (nSPS) is 14.5. The van der Waals surface area contributed by atoms with Crippen LogP contribution in [0.3, 0.4) is 0 Å². The van der Waals surface area contributed by atoms with Crippen LogP contribution in [-0.2, 0) is 4.79 Å². The Morgan fingerprint density at radius 2 is 1.43 bits per heavy atom. The number of thiazole rings is 1. The van der Waals surface area contributed by atoms with E-state index in [1.807, 2.05) is 77.7 Å².